The molecule has 19 heavy (non-hydrogen) atoms. The van der Waals surface area contributed by atoms with Crippen molar-refractivity contribution < 1.29 is 9.66 Å². The molecule has 5 nitrogen and oxygen atoms in total. The van der Waals surface area contributed by atoms with E-state index < -0.39 is 0 Å². The van der Waals surface area contributed by atoms with Crippen molar-refractivity contribution in [2.24, 2.45) is 5.92 Å². The minimum absolute atomic E-state index is 0.107. The molecule has 5 heteroatoms. The number of ether oxygens (including phenoxy) is 1. The van der Waals surface area contributed by atoms with Crippen molar-refractivity contribution in [1.82, 2.24) is 5.32 Å². The van der Waals surface area contributed by atoms with E-state index in [-0.39, 0.29) is 10.6 Å². The van der Waals surface area contributed by atoms with Gasteiger partial charge < -0.3 is 10.1 Å². The van der Waals surface area contributed by atoms with Gasteiger partial charge in [-0.15, -0.1) is 0 Å². The Morgan fingerprint density at radius 1 is 1.47 bits per heavy atom. The van der Waals surface area contributed by atoms with Crippen LogP contribution in [0.4, 0.5) is 5.69 Å². The van der Waals surface area contributed by atoms with Crippen molar-refractivity contribution >= 4 is 5.69 Å². The fraction of sp³-hybridized carbons (Fsp3) is 0.571. The predicted molar refractivity (Wildman–Crippen MR) is 73.3 cm³/mol. The second kappa shape index (κ2) is 6.52. The van der Waals surface area contributed by atoms with Crippen LogP contribution in [0.15, 0.2) is 18.2 Å². The molecule has 1 aromatic carbocycles. The molecular formula is C14H20N2O3. The van der Waals surface area contributed by atoms with Crippen LogP contribution < -0.4 is 10.1 Å². The lowest BCUT2D eigenvalue weighted by atomic mass is 10.1. The quantitative estimate of drug-likeness (QED) is 0.445. The Morgan fingerprint density at radius 3 is 2.89 bits per heavy atom. The fourth-order valence-corrected chi connectivity index (χ4v) is 2.16. The summed E-state index contributed by atoms with van der Waals surface area (Å²) in [5.41, 5.74) is 0.943. The Balaban J connectivity index is 1.85. The highest BCUT2D eigenvalue weighted by Crippen LogP contribution is 2.33. The normalized spacial score (nSPS) is 14.4. The summed E-state index contributed by atoms with van der Waals surface area (Å²) < 4.78 is 5.22. The molecular weight excluding hydrogens is 244 g/mol. The number of non-ortho nitro benzene ring substituents is 1. The first kappa shape index (κ1) is 13.8. The van der Waals surface area contributed by atoms with E-state index in [0.29, 0.717) is 12.3 Å². The highest BCUT2D eigenvalue weighted by Gasteiger charge is 2.19. The zero-order valence-corrected chi connectivity index (χ0v) is 11.2. The van der Waals surface area contributed by atoms with E-state index in [1.54, 1.807) is 19.2 Å². The summed E-state index contributed by atoms with van der Waals surface area (Å²) in [6.07, 6.45) is 5.23. The Labute approximate surface area is 113 Å². The third-order valence-corrected chi connectivity index (χ3v) is 3.45. The maximum absolute atomic E-state index is 10.8. The summed E-state index contributed by atoms with van der Waals surface area (Å²) in [5.74, 6) is 1.65. The summed E-state index contributed by atoms with van der Waals surface area (Å²) in [6, 6.07) is 4.70. The van der Waals surface area contributed by atoms with E-state index in [1.165, 1.54) is 31.7 Å². The first-order valence-electron chi connectivity index (χ1n) is 6.72. The Hall–Kier alpha value is -1.62. The van der Waals surface area contributed by atoms with Gasteiger partial charge in [-0.1, -0.05) is 12.8 Å². The first-order chi connectivity index (χ1) is 9.20. The lowest BCUT2D eigenvalue weighted by Crippen LogP contribution is -2.15. The maximum Gasteiger partial charge on any atom is 0.270 e. The van der Waals surface area contributed by atoms with Crippen LogP contribution in [0.5, 0.6) is 5.75 Å². The van der Waals surface area contributed by atoms with Crippen molar-refractivity contribution in [3.8, 4) is 5.75 Å². The maximum atomic E-state index is 10.8. The van der Waals surface area contributed by atoms with Gasteiger partial charge in [0.1, 0.15) is 5.75 Å². The fourth-order valence-electron chi connectivity index (χ4n) is 2.16. The SMILES string of the molecule is COc1ccc([N+](=O)[O-])cc1CNCCCC1CC1. The van der Waals surface area contributed by atoms with Crippen molar-refractivity contribution in [3.05, 3.63) is 33.9 Å². The number of methoxy groups -OCH3 is 1. The third kappa shape index (κ3) is 4.21. The minimum Gasteiger partial charge on any atom is -0.496 e. The van der Waals surface area contributed by atoms with E-state index in [2.05, 4.69) is 5.32 Å². The van der Waals surface area contributed by atoms with Gasteiger partial charge >= 0.3 is 0 Å². The van der Waals surface area contributed by atoms with Gasteiger partial charge in [0.15, 0.2) is 0 Å². The molecule has 0 radical (unpaired) electrons. The molecule has 1 aromatic rings. The summed E-state index contributed by atoms with van der Waals surface area (Å²) in [7, 11) is 1.58. The standard InChI is InChI=1S/C14H20N2O3/c1-19-14-7-6-13(16(17)18)9-12(14)10-15-8-2-3-11-4-5-11/h6-7,9,11,15H,2-5,8,10H2,1H3. The summed E-state index contributed by atoms with van der Waals surface area (Å²) in [6.45, 7) is 1.55. The molecule has 2 rings (SSSR count). The molecule has 0 saturated heterocycles. The zero-order chi connectivity index (χ0) is 13.7. The molecule has 1 N–H and O–H groups in total. The molecule has 1 saturated carbocycles. The Bertz CT molecular complexity index is 444. The van der Waals surface area contributed by atoms with Gasteiger partial charge in [0, 0.05) is 24.2 Å². The molecule has 1 aliphatic rings. The predicted octanol–water partition coefficient (Wildman–Crippen LogP) is 2.88. The second-order valence-electron chi connectivity index (χ2n) is 5.02. The molecule has 1 fully saturated rings. The molecule has 0 unspecified atom stereocenters. The van der Waals surface area contributed by atoms with Crippen molar-refractivity contribution in [1.29, 1.82) is 0 Å². The number of rotatable bonds is 8. The van der Waals surface area contributed by atoms with Gasteiger partial charge in [0.2, 0.25) is 0 Å². The molecule has 0 aromatic heterocycles. The van der Waals surface area contributed by atoms with E-state index >= 15 is 0 Å². The van der Waals surface area contributed by atoms with E-state index in [1.807, 2.05) is 0 Å². The van der Waals surface area contributed by atoms with E-state index in [0.717, 1.165) is 18.0 Å². The van der Waals surface area contributed by atoms with Crippen LogP contribution in [0.2, 0.25) is 0 Å². The topological polar surface area (TPSA) is 64.4 Å². The monoisotopic (exact) mass is 264 g/mol. The van der Waals surface area contributed by atoms with Crippen LogP contribution in [0, 0.1) is 16.0 Å². The van der Waals surface area contributed by atoms with Crippen LogP contribution in [-0.2, 0) is 6.54 Å². The molecule has 104 valence electrons. The van der Waals surface area contributed by atoms with Gasteiger partial charge in [-0.3, -0.25) is 10.1 Å². The second-order valence-corrected chi connectivity index (χ2v) is 5.02. The summed E-state index contributed by atoms with van der Waals surface area (Å²) >= 11 is 0. The van der Waals surface area contributed by atoms with Crippen molar-refractivity contribution in [2.75, 3.05) is 13.7 Å². The van der Waals surface area contributed by atoms with Gasteiger partial charge in [0.05, 0.1) is 12.0 Å². The summed E-state index contributed by atoms with van der Waals surface area (Å²) in [4.78, 5) is 10.4. The highest BCUT2D eigenvalue weighted by molar-refractivity contribution is 5.43. The molecule has 0 amide bonds. The molecule has 1 aliphatic carbocycles. The van der Waals surface area contributed by atoms with Crippen LogP contribution >= 0.6 is 0 Å². The number of hydrogen-bond acceptors (Lipinski definition) is 4. The van der Waals surface area contributed by atoms with Crippen LogP contribution in [-0.4, -0.2) is 18.6 Å². The van der Waals surface area contributed by atoms with E-state index in [9.17, 15) is 10.1 Å². The van der Waals surface area contributed by atoms with Crippen molar-refractivity contribution in [2.45, 2.75) is 32.2 Å². The molecule has 0 spiro atoms. The van der Waals surface area contributed by atoms with Gasteiger partial charge in [-0.05, 0) is 31.4 Å². The zero-order valence-electron chi connectivity index (χ0n) is 11.2. The molecule has 0 heterocycles. The molecule has 0 atom stereocenters. The molecule has 0 aliphatic heterocycles. The lowest BCUT2D eigenvalue weighted by Gasteiger charge is -2.09. The number of nitro benzene ring substituents is 1. The van der Waals surface area contributed by atoms with Gasteiger partial charge in [-0.25, -0.2) is 0 Å². The average molecular weight is 264 g/mol. The molecule has 0 bridgehead atoms. The third-order valence-electron chi connectivity index (χ3n) is 3.45. The number of nitro groups is 1. The smallest absolute Gasteiger partial charge is 0.270 e. The lowest BCUT2D eigenvalue weighted by molar-refractivity contribution is -0.384. The van der Waals surface area contributed by atoms with Gasteiger partial charge in [-0.2, -0.15) is 0 Å². The van der Waals surface area contributed by atoms with Crippen LogP contribution in [0.3, 0.4) is 0 Å². The number of benzene rings is 1. The number of nitrogens with one attached hydrogen (secondary N) is 1. The average Bonchev–Trinajstić information content (AvgIpc) is 3.22. The summed E-state index contributed by atoms with van der Waals surface area (Å²) in [5, 5.41) is 14.1. The number of hydrogen-bond donors (Lipinski definition) is 1. The van der Waals surface area contributed by atoms with Crippen LogP contribution in [0.25, 0.3) is 0 Å². The Kier molecular flexibility index (Phi) is 4.74. The minimum atomic E-state index is -0.379. The number of nitrogens with zero attached hydrogens (tertiary/aromatic N) is 1. The van der Waals surface area contributed by atoms with Crippen LogP contribution in [0.1, 0.15) is 31.2 Å². The first-order valence-corrected chi connectivity index (χ1v) is 6.72. The van der Waals surface area contributed by atoms with E-state index in [4.69, 9.17) is 4.74 Å². The highest BCUT2D eigenvalue weighted by atomic mass is 16.6. The van der Waals surface area contributed by atoms with Crippen molar-refractivity contribution in [3.63, 3.8) is 0 Å². The largest absolute Gasteiger partial charge is 0.496 e. The van der Waals surface area contributed by atoms with Gasteiger partial charge in [0.25, 0.3) is 5.69 Å². The Morgan fingerprint density at radius 2 is 2.26 bits per heavy atom.